The van der Waals surface area contributed by atoms with E-state index in [0.29, 0.717) is 12.3 Å². The van der Waals surface area contributed by atoms with Gasteiger partial charge in [0.1, 0.15) is 17.4 Å². The minimum atomic E-state index is -0.439. The van der Waals surface area contributed by atoms with Crippen LogP contribution in [0.5, 0.6) is 0 Å². The molecule has 96 valence electrons. The summed E-state index contributed by atoms with van der Waals surface area (Å²) in [5.74, 6) is -0.439. The van der Waals surface area contributed by atoms with Crippen LogP contribution in [0.4, 0.5) is 0 Å². The van der Waals surface area contributed by atoms with Gasteiger partial charge in [-0.05, 0) is 13.0 Å². The fraction of sp³-hybridized carbons (Fsp3) is 0.333. The van der Waals surface area contributed by atoms with Gasteiger partial charge in [0, 0.05) is 18.1 Å². The Labute approximate surface area is 108 Å². The fourth-order valence-electron chi connectivity index (χ4n) is 1.40. The van der Waals surface area contributed by atoms with Crippen LogP contribution >= 0.6 is 11.3 Å². The molecule has 0 aromatic carbocycles. The first-order chi connectivity index (χ1) is 8.70. The Hall–Kier alpha value is -1.66. The second kappa shape index (κ2) is 5.79. The van der Waals surface area contributed by atoms with Crippen molar-refractivity contribution in [1.29, 1.82) is 0 Å². The number of rotatable bonds is 5. The van der Waals surface area contributed by atoms with Gasteiger partial charge in [-0.1, -0.05) is 0 Å². The molecule has 0 aliphatic heterocycles. The maximum absolute atomic E-state index is 11.8. The highest BCUT2D eigenvalue weighted by molar-refractivity contribution is 7.13. The summed E-state index contributed by atoms with van der Waals surface area (Å²) >= 11 is 1.37. The molecule has 0 saturated heterocycles. The van der Waals surface area contributed by atoms with Gasteiger partial charge in [0.05, 0.1) is 12.9 Å². The van der Waals surface area contributed by atoms with Crippen LogP contribution in [0.25, 0.3) is 10.6 Å². The third-order valence-electron chi connectivity index (χ3n) is 2.19. The maximum Gasteiger partial charge on any atom is 0.358 e. The van der Waals surface area contributed by atoms with Gasteiger partial charge in [-0.2, -0.15) is 0 Å². The first kappa shape index (κ1) is 12.8. The van der Waals surface area contributed by atoms with Gasteiger partial charge in [0.25, 0.3) is 0 Å². The van der Waals surface area contributed by atoms with Gasteiger partial charge in [-0.25, -0.2) is 9.78 Å². The van der Waals surface area contributed by atoms with Gasteiger partial charge < -0.3 is 13.9 Å². The van der Waals surface area contributed by atoms with Crippen molar-refractivity contribution >= 4 is 17.3 Å². The van der Waals surface area contributed by atoms with Crippen LogP contribution in [-0.4, -0.2) is 30.8 Å². The van der Waals surface area contributed by atoms with Crippen LogP contribution in [0.1, 0.15) is 17.4 Å². The highest BCUT2D eigenvalue weighted by Gasteiger charge is 2.16. The van der Waals surface area contributed by atoms with Gasteiger partial charge in [0.15, 0.2) is 5.69 Å². The molecule has 0 aliphatic carbocycles. The molecule has 0 N–H and O–H groups in total. The average Bonchev–Trinajstić information content (AvgIpc) is 3.00. The van der Waals surface area contributed by atoms with Gasteiger partial charge in [-0.15, -0.1) is 11.3 Å². The molecular weight excluding hydrogens is 254 g/mol. The van der Waals surface area contributed by atoms with E-state index in [2.05, 4.69) is 4.98 Å². The van der Waals surface area contributed by atoms with Crippen molar-refractivity contribution in [3.63, 3.8) is 0 Å². The molecule has 0 saturated carbocycles. The molecule has 2 aromatic heterocycles. The second-order valence-corrected chi connectivity index (χ2v) is 4.58. The van der Waals surface area contributed by atoms with E-state index in [4.69, 9.17) is 13.9 Å². The van der Waals surface area contributed by atoms with Crippen LogP contribution in [0, 0.1) is 0 Å². The standard InChI is InChI=1S/C12H13NO4S/c1-8(5-15-2)17-12(14)10-7-18-11(13-10)9-3-4-16-6-9/h3-4,6-8H,5H2,1-2H3/t8-/m1/s1. The number of aromatic nitrogens is 1. The Bertz CT molecular complexity index is 506. The molecule has 2 rings (SSSR count). The van der Waals surface area contributed by atoms with Crippen LogP contribution in [0.2, 0.25) is 0 Å². The lowest BCUT2D eigenvalue weighted by Crippen LogP contribution is -2.19. The molecular formula is C12H13NO4S. The Morgan fingerprint density at radius 2 is 2.44 bits per heavy atom. The summed E-state index contributed by atoms with van der Waals surface area (Å²) in [7, 11) is 1.56. The topological polar surface area (TPSA) is 61.6 Å². The molecule has 6 heteroatoms. The fourth-order valence-corrected chi connectivity index (χ4v) is 2.17. The predicted molar refractivity (Wildman–Crippen MR) is 66.6 cm³/mol. The van der Waals surface area contributed by atoms with Crippen molar-refractivity contribution in [1.82, 2.24) is 4.98 Å². The summed E-state index contributed by atoms with van der Waals surface area (Å²) < 4.78 is 15.0. The SMILES string of the molecule is COC[C@@H](C)OC(=O)c1csc(-c2ccoc2)n1. The van der Waals surface area contributed by atoms with Crippen molar-refractivity contribution in [3.05, 3.63) is 29.7 Å². The number of esters is 1. The zero-order valence-electron chi connectivity index (χ0n) is 10.1. The van der Waals surface area contributed by atoms with Crippen molar-refractivity contribution < 1.29 is 18.7 Å². The number of carbonyl (C=O) groups excluding carboxylic acids is 1. The first-order valence-electron chi connectivity index (χ1n) is 5.38. The average molecular weight is 267 g/mol. The largest absolute Gasteiger partial charge is 0.472 e. The van der Waals surface area contributed by atoms with Crippen molar-refractivity contribution in [2.24, 2.45) is 0 Å². The van der Waals surface area contributed by atoms with Crippen molar-refractivity contribution in [2.75, 3.05) is 13.7 Å². The van der Waals surface area contributed by atoms with Crippen molar-refractivity contribution in [2.45, 2.75) is 13.0 Å². The molecule has 0 bridgehead atoms. The molecule has 5 nitrogen and oxygen atoms in total. The molecule has 1 atom stereocenters. The lowest BCUT2D eigenvalue weighted by Gasteiger charge is -2.10. The maximum atomic E-state index is 11.8. The Morgan fingerprint density at radius 3 is 3.11 bits per heavy atom. The summed E-state index contributed by atoms with van der Waals surface area (Å²) in [5, 5.41) is 2.40. The van der Waals surface area contributed by atoms with E-state index in [1.54, 1.807) is 38.0 Å². The number of hydrogen-bond donors (Lipinski definition) is 0. The summed E-state index contributed by atoms with van der Waals surface area (Å²) in [6.45, 7) is 2.13. The van der Waals surface area contributed by atoms with E-state index in [-0.39, 0.29) is 6.10 Å². The molecule has 0 spiro atoms. The lowest BCUT2D eigenvalue weighted by molar-refractivity contribution is 0.0115. The van der Waals surface area contributed by atoms with E-state index in [1.807, 2.05) is 0 Å². The highest BCUT2D eigenvalue weighted by Crippen LogP contribution is 2.24. The highest BCUT2D eigenvalue weighted by atomic mass is 32.1. The summed E-state index contributed by atoms with van der Waals surface area (Å²) in [5.41, 5.74) is 1.16. The number of methoxy groups -OCH3 is 1. The van der Waals surface area contributed by atoms with E-state index in [9.17, 15) is 4.79 Å². The third kappa shape index (κ3) is 2.96. The lowest BCUT2D eigenvalue weighted by atomic mass is 10.3. The number of furan rings is 1. The number of thiazole rings is 1. The van der Waals surface area contributed by atoms with Crippen LogP contribution < -0.4 is 0 Å². The zero-order chi connectivity index (χ0) is 13.0. The Balaban J connectivity index is 2.04. The number of ether oxygens (including phenoxy) is 2. The zero-order valence-corrected chi connectivity index (χ0v) is 10.9. The molecule has 2 heterocycles. The van der Waals surface area contributed by atoms with E-state index in [0.717, 1.165) is 10.6 Å². The molecule has 2 aromatic rings. The normalized spacial score (nSPS) is 12.3. The Morgan fingerprint density at radius 1 is 1.61 bits per heavy atom. The minimum absolute atomic E-state index is 0.290. The molecule has 0 amide bonds. The number of carbonyl (C=O) groups is 1. The second-order valence-electron chi connectivity index (χ2n) is 3.72. The number of hydrogen-bond acceptors (Lipinski definition) is 6. The van der Waals surface area contributed by atoms with Crippen LogP contribution in [0.3, 0.4) is 0 Å². The van der Waals surface area contributed by atoms with Gasteiger partial charge in [-0.3, -0.25) is 0 Å². The van der Waals surface area contributed by atoms with Crippen molar-refractivity contribution in [3.8, 4) is 10.6 Å². The third-order valence-corrected chi connectivity index (χ3v) is 3.08. The molecule has 18 heavy (non-hydrogen) atoms. The van der Waals surface area contributed by atoms with E-state index >= 15 is 0 Å². The Kier molecular flexibility index (Phi) is 4.11. The quantitative estimate of drug-likeness (QED) is 0.779. The summed E-state index contributed by atoms with van der Waals surface area (Å²) in [6.07, 6.45) is 2.86. The van der Waals surface area contributed by atoms with Gasteiger partial charge in [0.2, 0.25) is 0 Å². The molecule has 0 unspecified atom stereocenters. The van der Waals surface area contributed by atoms with Crippen LogP contribution in [-0.2, 0) is 9.47 Å². The molecule has 0 aliphatic rings. The molecule has 0 radical (unpaired) electrons. The monoisotopic (exact) mass is 267 g/mol. The smallest absolute Gasteiger partial charge is 0.358 e. The number of nitrogens with zero attached hydrogens (tertiary/aromatic N) is 1. The van der Waals surface area contributed by atoms with E-state index in [1.165, 1.54) is 11.3 Å². The minimum Gasteiger partial charge on any atom is -0.472 e. The van der Waals surface area contributed by atoms with Crippen LogP contribution in [0.15, 0.2) is 28.4 Å². The molecule has 0 fully saturated rings. The summed E-state index contributed by atoms with van der Waals surface area (Å²) in [4.78, 5) is 16.0. The summed E-state index contributed by atoms with van der Waals surface area (Å²) in [6, 6.07) is 1.79. The predicted octanol–water partition coefficient (Wildman–Crippen LogP) is 2.59. The van der Waals surface area contributed by atoms with E-state index < -0.39 is 5.97 Å². The first-order valence-corrected chi connectivity index (χ1v) is 6.26. The van der Waals surface area contributed by atoms with Gasteiger partial charge >= 0.3 is 5.97 Å².